The Morgan fingerprint density at radius 3 is 2.43 bits per heavy atom. The van der Waals surface area contributed by atoms with Gasteiger partial charge in [0.15, 0.2) is 0 Å². The van der Waals surface area contributed by atoms with Crippen LogP contribution >= 0.6 is 0 Å². The summed E-state index contributed by atoms with van der Waals surface area (Å²) in [5.41, 5.74) is 0. The maximum atomic E-state index is 10.4. The third kappa shape index (κ3) is 10.3. The van der Waals surface area contributed by atoms with E-state index < -0.39 is 5.97 Å². The molecule has 1 rings (SSSR count). The highest BCUT2D eigenvalue weighted by atomic mass is 16.6. The normalized spacial score (nSPS) is 21.4. The van der Waals surface area contributed by atoms with Crippen LogP contribution in [0.3, 0.4) is 0 Å². The molecule has 2 atom stereocenters. The molecule has 0 radical (unpaired) electrons. The van der Waals surface area contributed by atoms with E-state index in [1.54, 1.807) is 0 Å². The zero-order valence-corrected chi connectivity index (χ0v) is 13.3. The predicted octanol–water partition coefficient (Wildman–Crippen LogP) is 4.87. The number of rotatable bonds is 13. The van der Waals surface area contributed by atoms with E-state index in [4.69, 9.17) is 9.84 Å². The second-order valence-corrected chi connectivity index (χ2v) is 5.75. The highest BCUT2D eigenvalue weighted by Gasteiger charge is 2.36. The second-order valence-electron chi connectivity index (χ2n) is 5.75. The molecule has 0 spiro atoms. The van der Waals surface area contributed by atoms with Crippen LogP contribution in [-0.2, 0) is 9.53 Å². The van der Waals surface area contributed by atoms with E-state index >= 15 is 0 Å². The number of allylic oxidation sites excluding steroid dienone is 4. The summed E-state index contributed by atoms with van der Waals surface area (Å²) in [6, 6.07) is 0. The molecule has 1 N–H and O–H groups in total. The highest BCUT2D eigenvalue weighted by molar-refractivity contribution is 5.66. The third-order valence-corrected chi connectivity index (χ3v) is 3.76. The molecule has 1 aliphatic heterocycles. The van der Waals surface area contributed by atoms with Gasteiger partial charge in [-0.15, -0.1) is 0 Å². The van der Waals surface area contributed by atoms with Gasteiger partial charge in [-0.05, 0) is 44.9 Å². The van der Waals surface area contributed by atoms with Crippen LogP contribution in [0, 0.1) is 0 Å². The lowest BCUT2D eigenvalue weighted by Gasteiger charge is -1.93. The quantitative estimate of drug-likeness (QED) is 0.299. The fourth-order valence-corrected chi connectivity index (χ4v) is 2.42. The van der Waals surface area contributed by atoms with Crippen LogP contribution in [0.2, 0.25) is 0 Å². The first-order valence-electron chi connectivity index (χ1n) is 8.41. The van der Waals surface area contributed by atoms with Crippen LogP contribution < -0.4 is 0 Å². The van der Waals surface area contributed by atoms with Gasteiger partial charge in [-0.3, -0.25) is 4.79 Å². The highest BCUT2D eigenvalue weighted by Crippen LogP contribution is 2.30. The van der Waals surface area contributed by atoms with Crippen LogP contribution in [0.15, 0.2) is 24.3 Å². The molecule has 21 heavy (non-hydrogen) atoms. The van der Waals surface area contributed by atoms with Gasteiger partial charge in [-0.1, -0.05) is 44.1 Å². The maximum Gasteiger partial charge on any atom is 0.303 e. The van der Waals surface area contributed by atoms with E-state index in [0.29, 0.717) is 12.2 Å². The number of carboxylic acid groups (broad SMARTS) is 1. The standard InChI is InChI=1S/C18H30O3/c1-2-3-4-5-6-7-8-9-10-11-13-16-17(21-16)14-12-15-18(19)20/h6-7,9-10,16-17H,2-5,8,11-15H2,1H3,(H,19,20)/b7-6-,10-9-/t16-,17+/m1/s1. The Hall–Kier alpha value is -1.09. The molecule has 1 heterocycles. The van der Waals surface area contributed by atoms with Gasteiger partial charge in [0.05, 0.1) is 12.2 Å². The minimum absolute atomic E-state index is 0.261. The number of epoxide rings is 1. The van der Waals surface area contributed by atoms with Crippen molar-refractivity contribution in [2.75, 3.05) is 0 Å². The number of carboxylic acids is 1. The molecule has 0 aliphatic carbocycles. The lowest BCUT2D eigenvalue weighted by Crippen LogP contribution is -1.98. The predicted molar refractivity (Wildman–Crippen MR) is 86.4 cm³/mol. The van der Waals surface area contributed by atoms with Crippen LogP contribution in [0.1, 0.15) is 71.1 Å². The number of unbranched alkanes of at least 4 members (excludes halogenated alkanes) is 3. The Morgan fingerprint density at radius 1 is 1.00 bits per heavy atom. The van der Waals surface area contributed by atoms with Gasteiger partial charge in [0.2, 0.25) is 0 Å². The molecule has 0 bridgehead atoms. The summed E-state index contributed by atoms with van der Waals surface area (Å²) < 4.78 is 5.54. The summed E-state index contributed by atoms with van der Waals surface area (Å²) in [7, 11) is 0. The summed E-state index contributed by atoms with van der Waals surface area (Å²) in [4.78, 5) is 10.4. The minimum atomic E-state index is -0.710. The Morgan fingerprint density at radius 2 is 1.71 bits per heavy atom. The number of carbonyl (C=O) groups is 1. The molecule has 3 heteroatoms. The van der Waals surface area contributed by atoms with Crippen LogP contribution in [0.25, 0.3) is 0 Å². The lowest BCUT2D eigenvalue weighted by atomic mass is 10.1. The molecule has 0 aromatic carbocycles. The van der Waals surface area contributed by atoms with Crippen molar-refractivity contribution in [2.24, 2.45) is 0 Å². The van der Waals surface area contributed by atoms with Crippen molar-refractivity contribution in [3.05, 3.63) is 24.3 Å². The maximum absolute atomic E-state index is 10.4. The van der Waals surface area contributed by atoms with Crippen molar-refractivity contribution in [2.45, 2.75) is 83.3 Å². The number of hydrogen-bond acceptors (Lipinski definition) is 2. The molecule has 0 saturated carbocycles. The Kier molecular flexibility index (Phi) is 9.88. The average molecular weight is 294 g/mol. The van der Waals surface area contributed by atoms with E-state index in [-0.39, 0.29) is 6.42 Å². The van der Waals surface area contributed by atoms with Crippen LogP contribution in [-0.4, -0.2) is 23.3 Å². The molecule has 120 valence electrons. The summed E-state index contributed by atoms with van der Waals surface area (Å²) in [5.74, 6) is -0.710. The molecule has 1 fully saturated rings. The summed E-state index contributed by atoms with van der Waals surface area (Å²) >= 11 is 0. The van der Waals surface area contributed by atoms with Crippen molar-refractivity contribution in [1.82, 2.24) is 0 Å². The summed E-state index contributed by atoms with van der Waals surface area (Å²) in [5, 5.41) is 8.56. The molecular formula is C18H30O3. The van der Waals surface area contributed by atoms with Gasteiger partial charge in [-0.25, -0.2) is 0 Å². The van der Waals surface area contributed by atoms with Gasteiger partial charge in [0.25, 0.3) is 0 Å². The molecular weight excluding hydrogens is 264 g/mol. The first kappa shape index (κ1) is 18.0. The molecule has 0 aromatic rings. The minimum Gasteiger partial charge on any atom is -0.481 e. The fraction of sp³-hybridized carbons (Fsp3) is 0.722. The van der Waals surface area contributed by atoms with E-state index in [2.05, 4.69) is 31.2 Å². The van der Waals surface area contributed by atoms with Crippen molar-refractivity contribution >= 4 is 5.97 Å². The smallest absolute Gasteiger partial charge is 0.303 e. The van der Waals surface area contributed by atoms with Gasteiger partial charge in [0.1, 0.15) is 0 Å². The van der Waals surface area contributed by atoms with E-state index in [1.165, 1.54) is 25.7 Å². The van der Waals surface area contributed by atoms with E-state index in [0.717, 1.165) is 32.1 Å². The third-order valence-electron chi connectivity index (χ3n) is 3.76. The van der Waals surface area contributed by atoms with Gasteiger partial charge >= 0.3 is 5.97 Å². The van der Waals surface area contributed by atoms with Crippen molar-refractivity contribution < 1.29 is 14.6 Å². The first-order chi connectivity index (χ1) is 10.2. The Labute approximate surface area is 129 Å². The number of hydrogen-bond donors (Lipinski definition) is 1. The summed E-state index contributed by atoms with van der Waals surface area (Å²) in [6.45, 7) is 2.23. The molecule has 0 unspecified atom stereocenters. The second kappa shape index (κ2) is 11.6. The largest absolute Gasteiger partial charge is 0.481 e. The topological polar surface area (TPSA) is 49.8 Å². The monoisotopic (exact) mass is 294 g/mol. The Balaban J connectivity index is 1.88. The molecule has 0 aromatic heterocycles. The van der Waals surface area contributed by atoms with Crippen LogP contribution in [0.4, 0.5) is 0 Å². The zero-order valence-electron chi connectivity index (χ0n) is 13.3. The van der Waals surface area contributed by atoms with Gasteiger partial charge in [0, 0.05) is 6.42 Å². The molecule has 1 saturated heterocycles. The lowest BCUT2D eigenvalue weighted by molar-refractivity contribution is -0.137. The van der Waals surface area contributed by atoms with Crippen molar-refractivity contribution in [3.8, 4) is 0 Å². The van der Waals surface area contributed by atoms with Gasteiger partial charge < -0.3 is 9.84 Å². The zero-order chi connectivity index (χ0) is 15.3. The Bertz CT molecular complexity index is 333. The SMILES string of the molecule is CCCCC/C=C\C/C=C\CC[C@H]1O[C@H]1CCCC(=O)O. The van der Waals surface area contributed by atoms with Crippen LogP contribution in [0.5, 0.6) is 0 Å². The fourth-order valence-electron chi connectivity index (χ4n) is 2.42. The van der Waals surface area contributed by atoms with Crippen molar-refractivity contribution in [3.63, 3.8) is 0 Å². The summed E-state index contributed by atoms with van der Waals surface area (Å²) in [6.07, 6.45) is 19.8. The first-order valence-corrected chi connectivity index (χ1v) is 8.41. The molecule has 1 aliphatic rings. The molecule has 3 nitrogen and oxygen atoms in total. The van der Waals surface area contributed by atoms with E-state index in [1.807, 2.05) is 0 Å². The number of aliphatic carboxylic acids is 1. The number of ether oxygens (including phenoxy) is 1. The van der Waals surface area contributed by atoms with E-state index in [9.17, 15) is 4.79 Å². The van der Waals surface area contributed by atoms with Gasteiger partial charge in [-0.2, -0.15) is 0 Å². The molecule has 0 amide bonds. The van der Waals surface area contributed by atoms with Crippen molar-refractivity contribution in [1.29, 1.82) is 0 Å². The average Bonchev–Trinajstić information content (AvgIpc) is 3.19.